The summed E-state index contributed by atoms with van der Waals surface area (Å²) in [5, 5.41) is 14.4. The number of H-pyrrole nitrogens is 1. The Morgan fingerprint density at radius 2 is 2.23 bits per heavy atom. The number of hydrogen-bond acceptors (Lipinski definition) is 7. The van der Waals surface area contributed by atoms with E-state index in [0.717, 1.165) is 0 Å². The minimum absolute atomic E-state index is 0.0891. The van der Waals surface area contributed by atoms with Gasteiger partial charge in [0, 0.05) is 0 Å². The van der Waals surface area contributed by atoms with Crippen LogP contribution in [-0.2, 0) is 9.59 Å². The number of aromatic nitrogens is 4. The summed E-state index contributed by atoms with van der Waals surface area (Å²) < 4.78 is 0. The molecule has 10 heteroatoms. The number of nitrogens with zero attached hydrogens (tertiary/aromatic N) is 3. The first kappa shape index (κ1) is 16.0. The lowest BCUT2D eigenvalue weighted by Crippen LogP contribution is -2.43. The van der Waals surface area contributed by atoms with Crippen LogP contribution in [-0.4, -0.2) is 61.5 Å². The second-order valence-corrected chi connectivity index (χ2v) is 5.40. The highest BCUT2D eigenvalue weighted by atomic mass is 32.2. The van der Waals surface area contributed by atoms with Gasteiger partial charge in [-0.2, -0.15) is 11.8 Å². The Morgan fingerprint density at radius 1 is 1.41 bits per heavy atom. The minimum Gasteiger partial charge on any atom is -0.480 e. The van der Waals surface area contributed by atoms with Crippen molar-refractivity contribution in [3.63, 3.8) is 0 Å². The van der Waals surface area contributed by atoms with Crippen molar-refractivity contribution in [2.24, 2.45) is 0 Å². The molecular formula is C12H16N6O3S. The topological polar surface area (TPSA) is 133 Å². The number of imidazole rings is 1. The van der Waals surface area contributed by atoms with E-state index in [1.165, 1.54) is 24.4 Å². The molecule has 2 aromatic heterocycles. The van der Waals surface area contributed by atoms with Crippen molar-refractivity contribution >= 4 is 40.6 Å². The van der Waals surface area contributed by atoms with Crippen molar-refractivity contribution in [3.8, 4) is 0 Å². The number of anilines is 1. The van der Waals surface area contributed by atoms with Crippen molar-refractivity contribution < 1.29 is 14.7 Å². The number of amides is 1. The molecule has 1 atom stereocenters. The molecule has 0 saturated heterocycles. The summed E-state index contributed by atoms with van der Waals surface area (Å²) in [4.78, 5) is 37.8. The van der Waals surface area contributed by atoms with Crippen LogP contribution in [0.4, 0.5) is 5.82 Å². The van der Waals surface area contributed by atoms with Crippen LogP contribution in [0.3, 0.4) is 0 Å². The van der Waals surface area contributed by atoms with Crippen LogP contribution < -0.4 is 10.6 Å². The Labute approximate surface area is 130 Å². The molecule has 0 unspecified atom stereocenters. The van der Waals surface area contributed by atoms with E-state index in [2.05, 4.69) is 30.6 Å². The van der Waals surface area contributed by atoms with Gasteiger partial charge in [-0.05, 0) is 18.4 Å². The summed E-state index contributed by atoms with van der Waals surface area (Å²) in [7, 11) is 0. The molecule has 0 bridgehead atoms. The van der Waals surface area contributed by atoms with E-state index in [1.54, 1.807) is 0 Å². The SMILES string of the molecule is CSCC[C@H](NC(=O)CNc1ncnc2nc[nH]c12)C(=O)O. The van der Waals surface area contributed by atoms with E-state index < -0.39 is 17.9 Å². The highest BCUT2D eigenvalue weighted by molar-refractivity contribution is 7.98. The molecule has 0 aliphatic rings. The summed E-state index contributed by atoms with van der Waals surface area (Å²) in [6.07, 6.45) is 5.07. The maximum Gasteiger partial charge on any atom is 0.326 e. The van der Waals surface area contributed by atoms with Crippen LogP contribution >= 0.6 is 11.8 Å². The van der Waals surface area contributed by atoms with E-state index in [4.69, 9.17) is 5.11 Å². The Bertz CT molecular complexity index is 661. The molecule has 0 saturated carbocycles. The summed E-state index contributed by atoms with van der Waals surface area (Å²) in [5.74, 6) is -0.362. The highest BCUT2D eigenvalue weighted by Crippen LogP contribution is 2.13. The van der Waals surface area contributed by atoms with Gasteiger partial charge in [-0.25, -0.2) is 19.7 Å². The molecule has 0 aliphatic carbocycles. The molecule has 2 rings (SSSR count). The quantitative estimate of drug-likeness (QED) is 0.537. The Morgan fingerprint density at radius 3 is 2.95 bits per heavy atom. The number of thioether (sulfide) groups is 1. The zero-order valence-corrected chi connectivity index (χ0v) is 12.7. The fourth-order valence-corrected chi connectivity index (χ4v) is 2.27. The molecular weight excluding hydrogens is 308 g/mol. The largest absolute Gasteiger partial charge is 0.480 e. The molecule has 0 fully saturated rings. The van der Waals surface area contributed by atoms with Crippen molar-refractivity contribution in [1.82, 2.24) is 25.3 Å². The van der Waals surface area contributed by atoms with E-state index in [9.17, 15) is 9.59 Å². The molecule has 0 aromatic carbocycles. The van der Waals surface area contributed by atoms with E-state index in [1.807, 2.05) is 6.26 Å². The molecule has 22 heavy (non-hydrogen) atoms. The third kappa shape index (κ3) is 4.07. The van der Waals surface area contributed by atoms with Crippen LogP contribution in [0.1, 0.15) is 6.42 Å². The van der Waals surface area contributed by atoms with E-state index in [0.29, 0.717) is 29.2 Å². The van der Waals surface area contributed by atoms with Crippen LogP contribution in [0, 0.1) is 0 Å². The molecule has 2 aromatic rings. The average molecular weight is 324 g/mol. The molecule has 9 nitrogen and oxygen atoms in total. The van der Waals surface area contributed by atoms with Crippen LogP contribution in [0.5, 0.6) is 0 Å². The number of aliphatic carboxylic acids is 1. The van der Waals surface area contributed by atoms with Crippen LogP contribution in [0.25, 0.3) is 11.2 Å². The predicted molar refractivity (Wildman–Crippen MR) is 82.7 cm³/mol. The van der Waals surface area contributed by atoms with E-state index in [-0.39, 0.29) is 6.54 Å². The molecule has 2 heterocycles. The maximum atomic E-state index is 11.9. The number of fused-ring (bicyclic) bond motifs is 1. The van der Waals surface area contributed by atoms with Crippen molar-refractivity contribution in [2.45, 2.75) is 12.5 Å². The van der Waals surface area contributed by atoms with E-state index >= 15 is 0 Å². The molecule has 1 amide bonds. The van der Waals surface area contributed by atoms with Gasteiger partial charge in [0.05, 0.1) is 12.9 Å². The third-order valence-corrected chi connectivity index (χ3v) is 3.53. The molecule has 0 spiro atoms. The zero-order chi connectivity index (χ0) is 15.9. The summed E-state index contributed by atoms with van der Waals surface area (Å²) in [5.41, 5.74) is 1.08. The number of nitrogens with one attached hydrogen (secondary N) is 3. The number of carbonyl (C=O) groups is 2. The number of hydrogen-bond donors (Lipinski definition) is 4. The van der Waals surface area contributed by atoms with Gasteiger partial charge in [0.1, 0.15) is 17.9 Å². The van der Waals surface area contributed by atoms with Crippen molar-refractivity contribution in [2.75, 3.05) is 23.9 Å². The van der Waals surface area contributed by atoms with Gasteiger partial charge in [0.15, 0.2) is 11.5 Å². The monoisotopic (exact) mass is 324 g/mol. The fraction of sp³-hybridized carbons (Fsp3) is 0.417. The Balaban J connectivity index is 1.91. The van der Waals surface area contributed by atoms with Crippen molar-refractivity contribution in [3.05, 3.63) is 12.7 Å². The molecule has 4 N–H and O–H groups in total. The Hall–Kier alpha value is -2.36. The van der Waals surface area contributed by atoms with Gasteiger partial charge in [-0.1, -0.05) is 0 Å². The van der Waals surface area contributed by atoms with Gasteiger partial charge < -0.3 is 20.7 Å². The van der Waals surface area contributed by atoms with Crippen LogP contribution in [0.2, 0.25) is 0 Å². The first-order valence-corrected chi connectivity index (χ1v) is 7.90. The number of aromatic amines is 1. The smallest absolute Gasteiger partial charge is 0.326 e. The highest BCUT2D eigenvalue weighted by Gasteiger charge is 2.19. The summed E-state index contributed by atoms with van der Waals surface area (Å²) >= 11 is 1.53. The van der Waals surface area contributed by atoms with Gasteiger partial charge in [0.2, 0.25) is 5.91 Å². The second-order valence-electron chi connectivity index (χ2n) is 4.42. The molecule has 0 radical (unpaired) electrons. The lowest BCUT2D eigenvalue weighted by molar-refractivity contribution is -0.141. The number of carbonyl (C=O) groups excluding carboxylic acids is 1. The maximum absolute atomic E-state index is 11.9. The number of rotatable bonds is 8. The number of carboxylic acid groups (broad SMARTS) is 1. The zero-order valence-electron chi connectivity index (χ0n) is 11.9. The van der Waals surface area contributed by atoms with Gasteiger partial charge in [-0.3, -0.25) is 4.79 Å². The van der Waals surface area contributed by atoms with Crippen molar-refractivity contribution in [1.29, 1.82) is 0 Å². The summed E-state index contributed by atoms with van der Waals surface area (Å²) in [6, 6.07) is -0.890. The average Bonchev–Trinajstić information content (AvgIpc) is 2.98. The molecule has 118 valence electrons. The minimum atomic E-state index is -1.04. The first-order chi connectivity index (χ1) is 10.6. The second kappa shape index (κ2) is 7.59. The summed E-state index contributed by atoms with van der Waals surface area (Å²) in [6.45, 7) is -0.0891. The standard InChI is InChI=1S/C12H16N6O3S/c1-22-3-2-7(12(20)21)18-8(19)4-13-10-9-11(15-5-14-9)17-6-16-10/h5-7H,2-4H2,1H3,(H,18,19)(H,20,21)(H2,13,14,15,16,17)/t7-/m0/s1. The Kier molecular flexibility index (Phi) is 5.53. The third-order valence-electron chi connectivity index (χ3n) is 2.88. The van der Waals surface area contributed by atoms with Gasteiger partial charge >= 0.3 is 5.97 Å². The fourth-order valence-electron chi connectivity index (χ4n) is 1.80. The lowest BCUT2D eigenvalue weighted by atomic mass is 10.2. The normalized spacial score (nSPS) is 12.0. The van der Waals surface area contributed by atoms with Gasteiger partial charge in [-0.15, -0.1) is 0 Å². The van der Waals surface area contributed by atoms with Crippen LogP contribution in [0.15, 0.2) is 12.7 Å². The predicted octanol–water partition coefficient (Wildman–Crippen LogP) is 0.0873. The lowest BCUT2D eigenvalue weighted by Gasteiger charge is -2.14. The number of carboxylic acids is 1. The van der Waals surface area contributed by atoms with Gasteiger partial charge in [0.25, 0.3) is 0 Å². The molecule has 0 aliphatic heterocycles. The first-order valence-electron chi connectivity index (χ1n) is 6.51.